The van der Waals surface area contributed by atoms with Crippen molar-refractivity contribution in [1.82, 2.24) is 19.6 Å². The Labute approximate surface area is 163 Å². The van der Waals surface area contributed by atoms with E-state index in [4.69, 9.17) is 0 Å². The molecule has 0 aromatic carbocycles. The Bertz CT molecular complexity index is 830. The van der Waals surface area contributed by atoms with E-state index in [1.54, 1.807) is 22.9 Å². The number of rotatable bonds is 4. The molecular formula is C20H26N4O2S. The predicted octanol–water partition coefficient (Wildman–Crippen LogP) is 2.83. The van der Waals surface area contributed by atoms with Gasteiger partial charge in [-0.05, 0) is 60.1 Å². The van der Waals surface area contributed by atoms with Gasteiger partial charge in [-0.25, -0.2) is 0 Å². The SMILES string of the molecule is CC(=O)N(Cc1ccsc1)C1CC12CCN(C(=O)c1cc(C)n(C)n1)CC2. The summed E-state index contributed by atoms with van der Waals surface area (Å²) < 4.78 is 1.74. The number of piperidine rings is 1. The van der Waals surface area contributed by atoms with Gasteiger partial charge in [-0.3, -0.25) is 14.3 Å². The van der Waals surface area contributed by atoms with Crippen LogP contribution in [0.5, 0.6) is 0 Å². The summed E-state index contributed by atoms with van der Waals surface area (Å²) in [4.78, 5) is 28.9. The second-order valence-electron chi connectivity index (χ2n) is 7.95. The van der Waals surface area contributed by atoms with E-state index in [-0.39, 0.29) is 17.2 Å². The average molecular weight is 387 g/mol. The summed E-state index contributed by atoms with van der Waals surface area (Å²) in [6, 6.07) is 4.25. The maximum absolute atomic E-state index is 12.7. The molecule has 0 bridgehead atoms. The largest absolute Gasteiger partial charge is 0.337 e. The third-order valence-corrected chi connectivity index (χ3v) is 6.97. The highest BCUT2D eigenvalue weighted by Gasteiger charge is 2.58. The van der Waals surface area contributed by atoms with Crippen LogP contribution in [0, 0.1) is 12.3 Å². The molecule has 2 aromatic rings. The number of carbonyl (C=O) groups is 2. The van der Waals surface area contributed by atoms with Crippen LogP contribution < -0.4 is 0 Å². The highest BCUT2D eigenvalue weighted by atomic mass is 32.1. The van der Waals surface area contributed by atoms with Gasteiger partial charge in [-0.2, -0.15) is 16.4 Å². The van der Waals surface area contributed by atoms with E-state index in [1.165, 1.54) is 5.56 Å². The topological polar surface area (TPSA) is 58.4 Å². The molecule has 1 aliphatic carbocycles. The predicted molar refractivity (Wildman–Crippen MR) is 104 cm³/mol. The van der Waals surface area contributed by atoms with Crippen LogP contribution >= 0.6 is 11.3 Å². The maximum atomic E-state index is 12.7. The van der Waals surface area contributed by atoms with Crippen molar-refractivity contribution in [2.45, 2.75) is 45.7 Å². The molecule has 7 heteroatoms. The first-order valence-corrected chi connectivity index (χ1v) is 10.4. The van der Waals surface area contributed by atoms with Gasteiger partial charge in [0.1, 0.15) is 0 Å². The van der Waals surface area contributed by atoms with Crippen LogP contribution in [0.3, 0.4) is 0 Å². The van der Waals surface area contributed by atoms with Crippen molar-refractivity contribution in [3.8, 4) is 0 Å². The second-order valence-corrected chi connectivity index (χ2v) is 8.73. The molecule has 1 unspecified atom stereocenters. The molecule has 0 N–H and O–H groups in total. The molecule has 1 saturated heterocycles. The molecule has 6 nitrogen and oxygen atoms in total. The molecule has 144 valence electrons. The zero-order valence-corrected chi connectivity index (χ0v) is 17.0. The highest BCUT2D eigenvalue weighted by molar-refractivity contribution is 7.07. The van der Waals surface area contributed by atoms with E-state index in [1.807, 2.05) is 29.8 Å². The number of likely N-dealkylation sites (tertiary alicyclic amines) is 1. The third kappa shape index (κ3) is 3.40. The second kappa shape index (κ2) is 6.78. The van der Waals surface area contributed by atoms with Crippen LogP contribution in [0.1, 0.15) is 47.9 Å². The van der Waals surface area contributed by atoms with Crippen LogP contribution in [0.25, 0.3) is 0 Å². The number of aromatic nitrogens is 2. The molecule has 2 fully saturated rings. The summed E-state index contributed by atoms with van der Waals surface area (Å²) in [6.45, 7) is 5.81. The molecule has 1 aliphatic heterocycles. The van der Waals surface area contributed by atoms with Crippen molar-refractivity contribution in [2.75, 3.05) is 13.1 Å². The Morgan fingerprint density at radius 1 is 1.37 bits per heavy atom. The molecule has 2 aliphatic rings. The lowest BCUT2D eigenvalue weighted by Crippen LogP contribution is -2.42. The quantitative estimate of drug-likeness (QED) is 0.812. The lowest BCUT2D eigenvalue weighted by molar-refractivity contribution is -0.130. The summed E-state index contributed by atoms with van der Waals surface area (Å²) in [5, 5.41) is 8.49. The fourth-order valence-corrected chi connectivity index (χ4v) is 4.97. The van der Waals surface area contributed by atoms with Crippen molar-refractivity contribution >= 4 is 23.2 Å². The Morgan fingerprint density at radius 2 is 2.11 bits per heavy atom. The Hall–Kier alpha value is -2.15. The fourth-order valence-electron chi connectivity index (χ4n) is 4.31. The third-order valence-electron chi connectivity index (χ3n) is 6.24. The number of hydrogen-bond donors (Lipinski definition) is 0. The summed E-state index contributed by atoms with van der Waals surface area (Å²) >= 11 is 1.67. The first-order chi connectivity index (χ1) is 12.9. The Kier molecular flexibility index (Phi) is 4.58. The number of thiophene rings is 1. The van der Waals surface area contributed by atoms with Crippen molar-refractivity contribution in [2.24, 2.45) is 12.5 Å². The van der Waals surface area contributed by atoms with E-state index in [2.05, 4.69) is 21.9 Å². The van der Waals surface area contributed by atoms with E-state index in [9.17, 15) is 9.59 Å². The Balaban J connectivity index is 1.39. The molecule has 0 radical (unpaired) electrons. The minimum absolute atomic E-state index is 0.0208. The molecule has 2 aromatic heterocycles. The van der Waals surface area contributed by atoms with E-state index >= 15 is 0 Å². The van der Waals surface area contributed by atoms with Gasteiger partial charge in [-0.15, -0.1) is 0 Å². The molecule has 1 saturated carbocycles. The summed E-state index contributed by atoms with van der Waals surface area (Å²) in [7, 11) is 1.86. The summed E-state index contributed by atoms with van der Waals surface area (Å²) in [5.74, 6) is 0.165. The highest BCUT2D eigenvalue weighted by Crippen LogP contribution is 2.57. The van der Waals surface area contributed by atoms with Crippen LogP contribution in [-0.4, -0.2) is 50.5 Å². The number of aryl methyl sites for hydroxylation is 2. The minimum atomic E-state index is 0.0208. The number of carbonyl (C=O) groups excluding carboxylic acids is 2. The van der Waals surface area contributed by atoms with E-state index in [0.717, 1.165) is 38.0 Å². The first kappa shape index (κ1) is 18.2. The maximum Gasteiger partial charge on any atom is 0.274 e. The van der Waals surface area contributed by atoms with Crippen molar-refractivity contribution in [3.63, 3.8) is 0 Å². The molecule has 1 atom stereocenters. The smallest absolute Gasteiger partial charge is 0.274 e. The van der Waals surface area contributed by atoms with Gasteiger partial charge in [0.05, 0.1) is 0 Å². The van der Waals surface area contributed by atoms with Gasteiger partial charge >= 0.3 is 0 Å². The summed E-state index contributed by atoms with van der Waals surface area (Å²) in [6.07, 6.45) is 2.98. The van der Waals surface area contributed by atoms with Gasteiger partial charge < -0.3 is 9.80 Å². The zero-order valence-electron chi connectivity index (χ0n) is 16.1. The standard InChI is InChI=1S/C20H26N4O2S/c1-14-10-17(21-22(14)3)19(26)23-7-5-20(6-8-23)11-18(20)24(15(2)25)12-16-4-9-27-13-16/h4,9-10,13,18H,5-8,11-12H2,1-3H3. The minimum Gasteiger partial charge on any atom is -0.337 e. The number of amides is 2. The normalized spacial score (nSPS) is 20.7. The molecule has 2 amide bonds. The van der Waals surface area contributed by atoms with E-state index < -0.39 is 0 Å². The van der Waals surface area contributed by atoms with Crippen molar-refractivity contribution < 1.29 is 9.59 Å². The average Bonchev–Trinajstić information content (AvgIpc) is 2.98. The fraction of sp³-hybridized carbons (Fsp3) is 0.550. The van der Waals surface area contributed by atoms with Crippen LogP contribution in [0.4, 0.5) is 0 Å². The molecule has 1 spiro atoms. The molecule has 3 heterocycles. The molecular weight excluding hydrogens is 360 g/mol. The van der Waals surface area contributed by atoms with Gasteiger partial charge in [0.15, 0.2) is 5.69 Å². The summed E-state index contributed by atoms with van der Waals surface area (Å²) in [5.41, 5.74) is 2.91. The lowest BCUT2D eigenvalue weighted by atomic mass is 9.92. The van der Waals surface area contributed by atoms with Gasteiger partial charge in [0.25, 0.3) is 5.91 Å². The van der Waals surface area contributed by atoms with Crippen LogP contribution in [-0.2, 0) is 18.4 Å². The van der Waals surface area contributed by atoms with Gasteiger partial charge in [0.2, 0.25) is 5.91 Å². The molecule has 4 rings (SSSR count). The van der Waals surface area contributed by atoms with Crippen molar-refractivity contribution in [3.05, 3.63) is 39.8 Å². The molecule has 27 heavy (non-hydrogen) atoms. The van der Waals surface area contributed by atoms with Crippen molar-refractivity contribution in [1.29, 1.82) is 0 Å². The lowest BCUT2D eigenvalue weighted by Gasteiger charge is -2.34. The first-order valence-electron chi connectivity index (χ1n) is 9.48. The zero-order chi connectivity index (χ0) is 19.2. The van der Waals surface area contributed by atoms with Crippen LogP contribution in [0.15, 0.2) is 22.9 Å². The van der Waals surface area contributed by atoms with Gasteiger partial charge in [-0.1, -0.05) is 0 Å². The van der Waals surface area contributed by atoms with Gasteiger partial charge in [0, 0.05) is 45.3 Å². The monoisotopic (exact) mass is 386 g/mol. The number of hydrogen-bond acceptors (Lipinski definition) is 4. The number of nitrogens with zero attached hydrogens (tertiary/aromatic N) is 4. The van der Waals surface area contributed by atoms with E-state index in [0.29, 0.717) is 18.3 Å². The Morgan fingerprint density at radius 3 is 2.67 bits per heavy atom. The van der Waals surface area contributed by atoms with Crippen LogP contribution in [0.2, 0.25) is 0 Å².